The summed E-state index contributed by atoms with van der Waals surface area (Å²) in [4.78, 5) is 28.7. The SMILES string of the molecule is Cc1ccc(S(=O)(=O)N2CCN(c3c(Cl)cccc3NC(=O)c3ccc(N4CCOCC4)c([N+](=O)[O-])c3)CC2)cc1. The Labute approximate surface area is 243 Å². The minimum atomic E-state index is -3.64. The van der Waals surface area contributed by atoms with Gasteiger partial charge in [0.25, 0.3) is 11.6 Å². The standard InChI is InChI=1S/C28H30ClN5O6S/c1-20-5-8-22(9-6-20)41(38,39)33-13-11-32(12-14-33)27-23(29)3-2-4-24(27)30-28(35)21-7-10-25(26(19-21)34(36)37)31-15-17-40-18-16-31/h2-10,19H,11-18H2,1H3,(H,30,35). The first-order chi connectivity index (χ1) is 19.6. The zero-order chi connectivity index (χ0) is 29.1. The molecule has 2 fully saturated rings. The van der Waals surface area contributed by atoms with E-state index in [9.17, 15) is 23.3 Å². The summed E-state index contributed by atoms with van der Waals surface area (Å²) in [5.41, 5.74) is 2.39. The molecule has 11 nitrogen and oxygen atoms in total. The number of nitrogens with one attached hydrogen (secondary N) is 1. The number of hydrogen-bond acceptors (Lipinski definition) is 8. The minimum Gasteiger partial charge on any atom is -0.378 e. The van der Waals surface area contributed by atoms with E-state index < -0.39 is 20.9 Å². The van der Waals surface area contributed by atoms with E-state index in [2.05, 4.69) is 5.32 Å². The number of anilines is 3. The number of carbonyl (C=O) groups excluding carboxylic acids is 1. The lowest BCUT2D eigenvalue weighted by atomic mass is 10.1. The third-order valence-corrected chi connectivity index (χ3v) is 9.45. The van der Waals surface area contributed by atoms with E-state index in [1.165, 1.54) is 10.4 Å². The summed E-state index contributed by atoms with van der Waals surface area (Å²) in [6, 6.07) is 16.3. The molecule has 2 aliphatic heterocycles. The molecular formula is C28H30ClN5O6S. The van der Waals surface area contributed by atoms with E-state index in [0.29, 0.717) is 61.5 Å². The maximum absolute atomic E-state index is 13.3. The number of aryl methyl sites for hydroxylation is 1. The lowest BCUT2D eigenvalue weighted by molar-refractivity contribution is -0.384. The van der Waals surface area contributed by atoms with Crippen molar-refractivity contribution in [3.05, 3.63) is 86.9 Å². The van der Waals surface area contributed by atoms with Crippen molar-refractivity contribution in [3.8, 4) is 0 Å². The van der Waals surface area contributed by atoms with E-state index in [1.54, 1.807) is 54.6 Å². The molecule has 0 unspecified atom stereocenters. The third kappa shape index (κ3) is 6.15. The van der Waals surface area contributed by atoms with Gasteiger partial charge in [-0.3, -0.25) is 14.9 Å². The minimum absolute atomic E-state index is 0.133. The Morgan fingerprint density at radius 3 is 2.29 bits per heavy atom. The Kier molecular flexibility index (Phi) is 8.45. The number of hydrogen-bond donors (Lipinski definition) is 1. The summed E-state index contributed by atoms with van der Waals surface area (Å²) >= 11 is 6.57. The number of nitrogens with zero attached hydrogens (tertiary/aromatic N) is 4. The van der Waals surface area contributed by atoms with Crippen LogP contribution in [-0.2, 0) is 14.8 Å². The summed E-state index contributed by atoms with van der Waals surface area (Å²) in [5.74, 6) is -0.522. The van der Waals surface area contributed by atoms with Crippen LogP contribution in [0.2, 0.25) is 5.02 Å². The summed E-state index contributed by atoms with van der Waals surface area (Å²) in [7, 11) is -3.64. The van der Waals surface area contributed by atoms with Crippen LogP contribution in [0.5, 0.6) is 0 Å². The summed E-state index contributed by atoms with van der Waals surface area (Å²) in [5, 5.41) is 15.1. The molecule has 0 aromatic heterocycles. The molecule has 2 heterocycles. The van der Waals surface area contributed by atoms with Crippen LogP contribution in [0.15, 0.2) is 65.6 Å². The number of para-hydroxylation sites is 1. The first-order valence-electron chi connectivity index (χ1n) is 13.2. The molecule has 13 heteroatoms. The maximum atomic E-state index is 13.3. The van der Waals surface area contributed by atoms with Crippen molar-refractivity contribution in [3.63, 3.8) is 0 Å². The summed E-state index contributed by atoms with van der Waals surface area (Å²) < 4.78 is 33.1. The van der Waals surface area contributed by atoms with Gasteiger partial charge in [-0.2, -0.15) is 4.31 Å². The largest absolute Gasteiger partial charge is 0.378 e. The lowest BCUT2D eigenvalue weighted by Crippen LogP contribution is -2.49. The Hall–Kier alpha value is -3.71. The zero-order valence-electron chi connectivity index (χ0n) is 22.5. The van der Waals surface area contributed by atoms with Gasteiger partial charge in [-0.25, -0.2) is 8.42 Å². The average Bonchev–Trinajstić information content (AvgIpc) is 2.97. The van der Waals surface area contributed by atoms with Crippen molar-refractivity contribution in [2.24, 2.45) is 0 Å². The number of nitro groups is 1. The molecule has 2 saturated heterocycles. The van der Waals surface area contributed by atoms with Crippen LogP contribution in [0, 0.1) is 17.0 Å². The highest BCUT2D eigenvalue weighted by atomic mass is 35.5. The van der Waals surface area contributed by atoms with Gasteiger partial charge < -0.3 is 19.9 Å². The normalized spacial score (nSPS) is 16.4. The van der Waals surface area contributed by atoms with Crippen molar-refractivity contribution in [2.45, 2.75) is 11.8 Å². The van der Waals surface area contributed by atoms with E-state index in [-0.39, 0.29) is 29.2 Å². The molecule has 0 atom stereocenters. The molecule has 5 rings (SSSR count). The molecule has 216 valence electrons. The van der Waals surface area contributed by atoms with Gasteiger partial charge in [0.05, 0.1) is 39.4 Å². The highest BCUT2D eigenvalue weighted by Gasteiger charge is 2.30. The van der Waals surface area contributed by atoms with Crippen molar-refractivity contribution in [2.75, 3.05) is 67.6 Å². The predicted molar refractivity (Wildman–Crippen MR) is 158 cm³/mol. The molecule has 3 aromatic carbocycles. The van der Waals surface area contributed by atoms with Gasteiger partial charge in [-0.15, -0.1) is 0 Å². The molecule has 0 radical (unpaired) electrons. The fourth-order valence-corrected chi connectivity index (χ4v) is 6.74. The Morgan fingerprint density at radius 1 is 0.951 bits per heavy atom. The molecule has 1 amide bonds. The number of morpholine rings is 1. The highest BCUT2D eigenvalue weighted by molar-refractivity contribution is 7.89. The van der Waals surface area contributed by atoms with E-state index in [1.807, 2.05) is 16.7 Å². The van der Waals surface area contributed by atoms with Gasteiger partial charge >= 0.3 is 0 Å². The topological polar surface area (TPSA) is 125 Å². The predicted octanol–water partition coefficient (Wildman–Crippen LogP) is 4.16. The number of piperazine rings is 1. The van der Waals surface area contributed by atoms with Crippen LogP contribution in [-0.4, -0.2) is 76.0 Å². The Balaban J connectivity index is 1.33. The van der Waals surface area contributed by atoms with Crippen molar-refractivity contribution in [1.82, 2.24) is 4.31 Å². The monoisotopic (exact) mass is 599 g/mol. The number of benzene rings is 3. The number of carbonyl (C=O) groups is 1. The van der Waals surface area contributed by atoms with Crippen molar-refractivity contribution < 1.29 is 22.9 Å². The van der Waals surface area contributed by atoms with Crippen LogP contribution in [0.4, 0.5) is 22.7 Å². The van der Waals surface area contributed by atoms with E-state index in [4.69, 9.17) is 16.3 Å². The molecule has 0 spiro atoms. The second-order valence-corrected chi connectivity index (χ2v) is 12.2. The fraction of sp³-hybridized carbons (Fsp3) is 0.321. The van der Waals surface area contributed by atoms with E-state index in [0.717, 1.165) is 5.56 Å². The Bertz CT molecular complexity index is 1550. The molecule has 0 aliphatic carbocycles. The number of amides is 1. The first-order valence-corrected chi connectivity index (χ1v) is 15.0. The highest BCUT2D eigenvalue weighted by Crippen LogP contribution is 2.36. The quantitative estimate of drug-likeness (QED) is 0.317. The van der Waals surface area contributed by atoms with Crippen LogP contribution >= 0.6 is 11.6 Å². The zero-order valence-corrected chi connectivity index (χ0v) is 24.0. The van der Waals surface area contributed by atoms with Gasteiger partial charge in [0.2, 0.25) is 10.0 Å². The number of nitro benzene ring substituents is 1. The number of halogens is 1. The smallest absolute Gasteiger partial charge is 0.293 e. The third-order valence-electron chi connectivity index (χ3n) is 7.23. The maximum Gasteiger partial charge on any atom is 0.293 e. The summed E-state index contributed by atoms with van der Waals surface area (Å²) in [6.45, 7) is 5.10. The van der Waals surface area contributed by atoms with Crippen LogP contribution in [0.25, 0.3) is 0 Å². The second-order valence-electron chi connectivity index (χ2n) is 9.85. The molecule has 2 aliphatic rings. The first kappa shape index (κ1) is 28.8. The molecule has 0 saturated carbocycles. The molecule has 0 bridgehead atoms. The summed E-state index contributed by atoms with van der Waals surface area (Å²) in [6.07, 6.45) is 0. The van der Waals surface area contributed by atoms with Gasteiger partial charge in [0.15, 0.2) is 0 Å². The van der Waals surface area contributed by atoms with Gasteiger partial charge in [0, 0.05) is 50.9 Å². The van der Waals surface area contributed by atoms with Crippen LogP contribution < -0.4 is 15.1 Å². The lowest BCUT2D eigenvalue weighted by Gasteiger charge is -2.36. The van der Waals surface area contributed by atoms with Crippen LogP contribution in [0.1, 0.15) is 15.9 Å². The molecule has 41 heavy (non-hydrogen) atoms. The molecular weight excluding hydrogens is 570 g/mol. The molecule has 1 N–H and O–H groups in total. The van der Waals surface area contributed by atoms with Crippen molar-refractivity contribution in [1.29, 1.82) is 0 Å². The van der Waals surface area contributed by atoms with Crippen LogP contribution in [0.3, 0.4) is 0 Å². The second kappa shape index (κ2) is 12.0. The van der Waals surface area contributed by atoms with Gasteiger partial charge in [0.1, 0.15) is 5.69 Å². The van der Waals surface area contributed by atoms with Gasteiger partial charge in [-0.05, 0) is 43.3 Å². The number of sulfonamides is 1. The average molecular weight is 600 g/mol. The number of rotatable bonds is 7. The van der Waals surface area contributed by atoms with Crippen molar-refractivity contribution >= 4 is 50.3 Å². The fourth-order valence-electron chi connectivity index (χ4n) is 5.03. The Morgan fingerprint density at radius 2 is 1.63 bits per heavy atom. The molecule has 3 aromatic rings. The van der Waals surface area contributed by atoms with E-state index >= 15 is 0 Å². The van der Waals surface area contributed by atoms with Gasteiger partial charge in [-0.1, -0.05) is 35.4 Å². The number of ether oxygens (including phenoxy) is 1.